The fourth-order valence-corrected chi connectivity index (χ4v) is 2.12. The maximum Gasteiger partial charge on any atom is 0.232 e. The van der Waals surface area contributed by atoms with Crippen LogP contribution in [0.25, 0.3) is 0 Å². The lowest BCUT2D eigenvalue weighted by Crippen LogP contribution is -2.23. The van der Waals surface area contributed by atoms with Crippen molar-refractivity contribution in [2.75, 3.05) is 26.4 Å². The third-order valence-electron chi connectivity index (χ3n) is 2.36. The van der Waals surface area contributed by atoms with Gasteiger partial charge in [0, 0.05) is 25.5 Å². The number of amides is 1. The van der Waals surface area contributed by atoms with Crippen molar-refractivity contribution >= 4 is 17.7 Å². The second kappa shape index (κ2) is 7.35. The van der Waals surface area contributed by atoms with Crippen molar-refractivity contribution in [1.29, 1.82) is 0 Å². The third-order valence-corrected chi connectivity index (χ3v) is 3.36. The lowest BCUT2D eigenvalue weighted by Gasteiger charge is -2.09. The molecule has 0 atom stereocenters. The Labute approximate surface area is 108 Å². The van der Waals surface area contributed by atoms with Crippen LogP contribution in [0.4, 0.5) is 0 Å². The molecule has 94 valence electrons. The smallest absolute Gasteiger partial charge is 0.232 e. The maximum atomic E-state index is 11.4. The van der Waals surface area contributed by atoms with Crippen LogP contribution < -0.4 is 5.32 Å². The minimum Gasteiger partial charge on any atom is -0.348 e. The van der Waals surface area contributed by atoms with E-state index in [1.165, 1.54) is 5.56 Å². The van der Waals surface area contributed by atoms with Crippen LogP contribution in [-0.4, -0.2) is 37.2 Å². The number of hydrogen-bond donors (Lipinski definition) is 1. The second-order valence-electron chi connectivity index (χ2n) is 4.00. The minimum absolute atomic E-state index is 0.145. The molecule has 1 aromatic rings. The standard InChI is InChI=1S/C13H20N2OS/c1-4-14-9-11-5-7-12(8-6-11)17-10-13(16)15(2)3/h5-8,14H,4,9-10H2,1-3H3. The Morgan fingerprint density at radius 1 is 1.29 bits per heavy atom. The predicted molar refractivity (Wildman–Crippen MR) is 73.2 cm³/mol. The van der Waals surface area contributed by atoms with Gasteiger partial charge in [-0.1, -0.05) is 19.1 Å². The van der Waals surface area contributed by atoms with Gasteiger partial charge in [-0.3, -0.25) is 4.79 Å². The molecule has 1 aromatic carbocycles. The second-order valence-corrected chi connectivity index (χ2v) is 5.05. The van der Waals surface area contributed by atoms with Crippen LogP contribution in [0, 0.1) is 0 Å². The van der Waals surface area contributed by atoms with Gasteiger partial charge in [0.05, 0.1) is 5.75 Å². The van der Waals surface area contributed by atoms with Crippen LogP contribution in [0.1, 0.15) is 12.5 Å². The summed E-state index contributed by atoms with van der Waals surface area (Å²) in [5, 5.41) is 3.28. The van der Waals surface area contributed by atoms with E-state index >= 15 is 0 Å². The third kappa shape index (κ3) is 5.24. The number of hydrogen-bond acceptors (Lipinski definition) is 3. The van der Waals surface area contributed by atoms with E-state index in [0.29, 0.717) is 5.75 Å². The van der Waals surface area contributed by atoms with Gasteiger partial charge in [0.25, 0.3) is 0 Å². The molecular formula is C13H20N2OS. The van der Waals surface area contributed by atoms with Crippen molar-refractivity contribution in [1.82, 2.24) is 10.2 Å². The van der Waals surface area contributed by atoms with Crippen molar-refractivity contribution in [3.63, 3.8) is 0 Å². The van der Waals surface area contributed by atoms with E-state index < -0.39 is 0 Å². The molecule has 17 heavy (non-hydrogen) atoms. The van der Waals surface area contributed by atoms with E-state index in [9.17, 15) is 4.79 Å². The zero-order valence-corrected chi connectivity index (χ0v) is 11.5. The Kier molecular flexibility index (Phi) is 6.08. The minimum atomic E-state index is 0.145. The van der Waals surface area contributed by atoms with Crippen LogP contribution in [0.2, 0.25) is 0 Å². The number of carbonyl (C=O) groups is 1. The molecule has 0 aliphatic rings. The first-order valence-electron chi connectivity index (χ1n) is 5.76. The van der Waals surface area contributed by atoms with Gasteiger partial charge in [-0.15, -0.1) is 11.8 Å². The fraction of sp³-hybridized carbons (Fsp3) is 0.462. The van der Waals surface area contributed by atoms with Gasteiger partial charge in [-0.2, -0.15) is 0 Å². The molecule has 3 nitrogen and oxygen atoms in total. The molecule has 4 heteroatoms. The summed E-state index contributed by atoms with van der Waals surface area (Å²) in [5.74, 6) is 0.645. The molecule has 0 saturated heterocycles. The van der Waals surface area contributed by atoms with E-state index in [4.69, 9.17) is 0 Å². The average Bonchev–Trinajstić information content (AvgIpc) is 2.34. The van der Waals surface area contributed by atoms with Crippen molar-refractivity contribution < 1.29 is 4.79 Å². The molecule has 0 aliphatic heterocycles. The molecule has 0 aromatic heterocycles. The monoisotopic (exact) mass is 252 g/mol. The highest BCUT2D eigenvalue weighted by atomic mass is 32.2. The summed E-state index contributed by atoms with van der Waals surface area (Å²) in [7, 11) is 3.56. The van der Waals surface area contributed by atoms with Crippen LogP contribution in [0.5, 0.6) is 0 Å². The Morgan fingerprint density at radius 2 is 1.94 bits per heavy atom. The number of carbonyl (C=O) groups excluding carboxylic acids is 1. The van der Waals surface area contributed by atoms with Crippen molar-refractivity contribution in [2.45, 2.75) is 18.4 Å². The Bertz CT molecular complexity index is 349. The highest BCUT2D eigenvalue weighted by Crippen LogP contribution is 2.18. The lowest BCUT2D eigenvalue weighted by molar-refractivity contribution is -0.125. The molecule has 0 heterocycles. The summed E-state index contributed by atoms with van der Waals surface area (Å²) in [6.45, 7) is 3.98. The van der Waals surface area contributed by atoms with Crippen molar-refractivity contribution in [3.8, 4) is 0 Å². The van der Waals surface area contributed by atoms with Crippen molar-refractivity contribution in [3.05, 3.63) is 29.8 Å². The van der Waals surface area contributed by atoms with Crippen LogP contribution >= 0.6 is 11.8 Å². The number of nitrogens with one attached hydrogen (secondary N) is 1. The predicted octanol–water partition coefficient (Wildman–Crippen LogP) is 1.98. The van der Waals surface area contributed by atoms with Gasteiger partial charge in [-0.05, 0) is 24.2 Å². The fourth-order valence-electron chi connectivity index (χ4n) is 1.25. The SMILES string of the molecule is CCNCc1ccc(SCC(=O)N(C)C)cc1. The largest absolute Gasteiger partial charge is 0.348 e. The summed E-state index contributed by atoms with van der Waals surface area (Å²) in [4.78, 5) is 14.2. The zero-order chi connectivity index (χ0) is 12.7. The average molecular weight is 252 g/mol. The zero-order valence-electron chi connectivity index (χ0n) is 10.7. The van der Waals surface area contributed by atoms with Crippen molar-refractivity contribution in [2.24, 2.45) is 0 Å². The molecule has 1 amide bonds. The normalized spacial score (nSPS) is 10.3. The summed E-state index contributed by atoms with van der Waals surface area (Å²) in [5.41, 5.74) is 1.27. The van der Waals surface area contributed by atoms with Gasteiger partial charge < -0.3 is 10.2 Å². The van der Waals surface area contributed by atoms with E-state index in [1.807, 2.05) is 0 Å². The van der Waals surface area contributed by atoms with E-state index in [2.05, 4.69) is 36.5 Å². The lowest BCUT2D eigenvalue weighted by atomic mass is 10.2. The number of thioether (sulfide) groups is 1. The molecule has 1 rings (SSSR count). The highest BCUT2D eigenvalue weighted by molar-refractivity contribution is 8.00. The Hall–Kier alpha value is -1.00. The van der Waals surface area contributed by atoms with E-state index in [-0.39, 0.29) is 5.91 Å². The topological polar surface area (TPSA) is 32.3 Å². The summed E-state index contributed by atoms with van der Waals surface area (Å²) < 4.78 is 0. The van der Waals surface area contributed by atoms with Gasteiger partial charge in [-0.25, -0.2) is 0 Å². The molecule has 0 saturated carbocycles. The quantitative estimate of drug-likeness (QED) is 0.786. The first-order valence-corrected chi connectivity index (χ1v) is 6.74. The molecule has 0 bridgehead atoms. The van der Waals surface area contributed by atoms with Gasteiger partial charge in [0.2, 0.25) is 5.91 Å². The highest BCUT2D eigenvalue weighted by Gasteiger charge is 2.04. The first kappa shape index (κ1) is 14.1. The van der Waals surface area contributed by atoms with Gasteiger partial charge >= 0.3 is 0 Å². The Balaban J connectivity index is 2.42. The number of nitrogens with zero attached hydrogens (tertiary/aromatic N) is 1. The van der Waals surface area contributed by atoms with Gasteiger partial charge in [0.1, 0.15) is 0 Å². The summed E-state index contributed by atoms with van der Waals surface area (Å²) in [6.07, 6.45) is 0. The molecule has 1 N–H and O–H groups in total. The molecule has 0 aliphatic carbocycles. The van der Waals surface area contributed by atoms with E-state index in [1.54, 1.807) is 30.8 Å². The number of benzene rings is 1. The molecular weight excluding hydrogens is 232 g/mol. The summed E-state index contributed by atoms with van der Waals surface area (Å²) >= 11 is 1.58. The van der Waals surface area contributed by atoms with Crippen LogP contribution in [0.15, 0.2) is 29.2 Å². The Morgan fingerprint density at radius 3 is 2.47 bits per heavy atom. The molecule has 0 fully saturated rings. The molecule has 0 spiro atoms. The van der Waals surface area contributed by atoms with Crippen LogP contribution in [-0.2, 0) is 11.3 Å². The first-order chi connectivity index (χ1) is 8.13. The van der Waals surface area contributed by atoms with Gasteiger partial charge in [0.15, 0.2) is 0 Å². The summed E-state index contributed by atoms with van der Waals surface area (Å²) in [6, 6.07) is 8.34. The maximum absolute atomic E-state index is 11.4. The molecule has 0 radical (unpaired) electrons. The van der Waals surface area contributed by atoms with Crippen LogP contribution in [0.3, 0.4) is 0 Å². The number of rotatable bonds is 6. The van der Waals surface area contributed by atoms with E-state index in [0.717, 1.165) is 18.0 Å². The molecule has 0 unspecified atom stereocenters.